The van der Waals surface area contributed by atoms with Gasteiger partial charge in [0.2, 0.25) is 0 Å². The van der Waals surface area contributed by atoms with Crippen LogP contribution in [0.4, 0.5) is 0 Å². The molecule has 0 spiro atoms. The molecule has 0 aliphatic carbocycles. The Hall–Kier alpha value is -1.19. The van der Waals surface area contributed by atoms with Gasteiger partial charge in [-0.05, 0) is 33.3 Å². The van der Waals surface area contributed by atoms with Crippen molar-refractivity contribution in [3.05, 3.63) is 35.4 Å². The maximum atomic E-state index is 12.0. The van der Waals surface area contributed by atoms with Crippen molar-refractivity contribution in [3.8, 4) is 0 Å². The molecule has 0 bridgehead atoms. The zero-order valence-corrected chi connectivity index (χ0v) is 13.8. The number of piperazine rings is 1. The number of benzene rings is 1. The number of carbonyl (C=O) groups excluding carboxylic acids is 1. The molecular formula is C18H28N2O. The van der Waals surface area contributed by atoms with Gasteiger partial charge in [-0.1, -0.05) is 29.8 Å². The standard InChI is InChI=1S/C18H28N2O/c1-14(2)20-11-9-19(10-12-20)13-18(16(4)21)17-7-5-15(3)6-8-17/h5-8,14,18H,9-13H2,1-4H3/t18-/m1/s1. The van der Waals surface area contributed by atoms with E-state index in [1.807, 2.05) is 0 Å². The fourth-order valence-corrected chi connectivity index (χ4v) is 2.99. The van der Waals surface area contributed by atoms with Crippen molar-refractivity contribution in [2.24, 2.45) is 0 Å². The van der Waals surface area contributed by atoms with Crippen LogP contribution in [0.25, 0.3) is 0 Å². The molecule has 1 fully saturated rings. The molecule has 3 heteroatoms. The minimum absolute atomic E-state index is 0.0104. The van der Waals surface area contributed by atoms with E-state index < -0.39 is 0 Å². The molecule has 21 heavy (non-hydrogen) atoms. The summed E-state index contributed by atoms with van der Waals surface area (Å²) >= 11 is 0. The Kier molecular flexibility index (Phi) is 5.54. The predicted octanol–water partition coefficient (Wildman–Crippen LogP) is 2.69. The number of nitrogens with zero attached hydrogens (tertiary/aromatic N) is 2. The van der Waals surface area contributed by atoms with E-state index in [0.29, 0.717) is 6.04 Å². The Morgan fingerprint density at radius 1 is 1.10 bits per heavy atom. The molecule has 1 aromatic rings. The number of carbonyl (C=O) groups is 1. The zero-order valence-electron chi connectivity index (χ0n) is 13.8. The van der Waals surface area contributed by atoms with Crippen molar-refractivity contribution in [3.63, 3.8) is 0 Å². The van der Waals surface area contributed by atoms with Crippen LogP contribution < -0.4 is 0 Å². The number of Topliss-reactive ketones (excluding diaryl/α,β-unsaturated/α-hetero) is 1. The molecule has 0 amide bonds. The Labute approximate surface area is 128 Å². The van der Waals surface area contributed by atoms with Crippen molar-refractivity contribution in [1.29, 1.82) is 0 Å². The van der Waals surface area contributed by atoms with Crippen LogP contribution in [0.5, 0.6) is 0 Å². The summed E-state index contributed by atoms with van der Waals surface area (Å²) in [6.07, 6.45) is 0. The highest BCUT2D eigenvalue weighted by Gasteiger charge is 2.24. The molecule has 2 rings (SSSR count). The number of aryl methyl sites for hydroxylation is 1. The minimum Gasteiger partial charge on any atom is -0.300 e. The highest BCUT2D eigenvalue weighted by atomic mass is 16.1. The molecule has 1 heterocycles. The molecular weight excluding hydrogens is 260 g/mol. The van der Waals surface area contributed by atoms with Crippen LogP contribution >= 0.6 is 0 Å². The summed E-state index contributed by atoms with van der Waals surface area (Å²) in [5, 5.41) is 0. The SMILES string of the molecule is CC(=O)[C@@H](CN1CCN(C(C)C)CC1)c1ccc(C)cc1. The van der Waals surface area contributed by atoms with Gasteiger partial charge in [0.1, 0.15) is 5.78 Å². The first kappa shape index (κ1) is 16.2. The third kappa shape index (κ3) is 4.39. The van der Waals surface area contributed by atoms with Gasteiger partial charge in [0.25, 0.3) is 0 Å². The molecule has 0 unspecified atom stereocenters. The average molecular weight is 288 g/mol. The zero-order chi connectivity index (χ0) is 15.4. The van der Waals surface area contributed by atoms with E-state index in [4.69, 9.17) is 0 Å². The summed E-state index contributed by atoms with van der Waals surface area (Å²) < 4.78 is 0. The van der Waals surface area contributed by atoms with Gasteiger partial charge in [-0.25, -0.2) is 0 Å². The van der Waals surface area contributed by atoms with E-state index >= 15 is 0 Å². The molecule has 1 aliphatic rings. The van der Waals surface area contributed by atoms with Gasteiger partial charge in [-0.3, -0.25) is 14.6 Å². The molecule has 0 aromatic heterocycles. The molecule has 1 aromatic carbocycles. The van der Waals surface area contributed by atoms with Gasteiger partial charge in [-0.15, -0.1) is 0 Å². The number of hydrogen-bond donors (Lipinski definition) is 0. The quantitative estimate of drug-likeness (QED) is 0.832. The summed E-state index contributed by atoms with van der Waals surface area (Å²) in [7, 11) is 0. The highest BCUT2D eigenvalue weighted by Crippen LogP contribution is 2.20. The van der Waals surface area contributed by atoms with E-state index in [0.717, 1.165) is 38.3 Å². The fraction of sp³-hybridized carbons (Fsp3) is 0.611. The van der Waals surface area contributed by atoms with Gasteiger partial charge in [0.05, 0.1) is 5.92 Å². The Morgan fingerprint density at radius 2 is 1.67 bits per heavy atom. The van der Waals surface area contributed by atoms with Gasteiger partial charge in [-0.2, -0.15) is 0 Å². The van der Waals surface area contributed by atoms with Crippen LogP contribution in [0.3, 0.4) is 0 Å². The van der Waals surface area contributed by atoms with Crippen molar-refractivity contribution in [2.45, 2.75) is 39.7 Å². The summed E-state index contributed by atoms with van der Waals surface area (Å²) in [6, 6.07) is 9.02. The molecule has 1 aliphatic heterocycles. The second kappa shape index (κ2) is 7.19. The Balaban J connectivity index is 1.98. The third-order valence-corrected chi connectivity index (χ3v) is 4.55. The summed E-state index contributed by atoms with van der Waals surface area (Å²) in [5.41, 5.74) is 2.39. The fourth-order valence-electron chi connectivity index (χ4n) is 2.99. The average Bonchev–Trinajstić information content (AvgIpc) is 2.46. The maximum Gasteiger partial charge on any atom is 0.138 e. The van der Waals surface area contributed by atoms with Crippen LogP contribution in [-0.2, 0) is 4.79 Å². The van der Waals surface area contributed by atoms with E-state index in [2.05, 4.69) is 54.8 Å². The van der Waals surface area contributed by atoms with Crippen LogP contribution in [0.2, 0.25) is 0 Å². The molecule has 116 valence electrons. The predicted molar refractivity (Wildman–Crippen MR) is 87.8 cm³/mol. The van der Waals surface area contributed by atoms with Gasteiger partial charge < -0.3 is 0 Å². The number of rotatable bonds is 5. The second-order valence-electron chi connectivity index (χ2n) is 6.50. The lowest BCUT2D eigenvalue weighted by Crippen LogP contribution is -2.50. The maximum absolute atomic E-state index is 12.0. The second-order valence-corrected chi connectivity index (χ2v) is 6.50. The summed E-state index contributed by atoms with van der Waals surface area (Å²) in [4.78, 5) is 17.0. The first-order valence-electron chi connectivity index (χ1n) is 8.01. The van der Waals surface area contributed by atoms with E-state index in [-0.39, 0.29) is 11.7 Å². The van der Waals surface area contributed by atoms with E-state index in [9.17, 15) is 4.79 Å². The smallest absolute Gasteiger partial charge is 0.138 e. The lowest BCUT2D eigenvalue weighted by Gasteiger charge is -2.38. The van der Waals surface area contributed by atoms with Crippen LogP contribution in [0.1, 0.15) is 37.8 Å². The molecule has 1 atom stereocenters. The first-order chi connectivity index (χ1) is 9.97. The Bertz CT molecular complexity index is 459. The lowest BCUT2D eigenvalue weighted by molar-refractivity contribution is -0.119. The Morgan fingerprint density at radius 3 is 2.14 bits per heavy atom. The highest BCUT2D eigenvalue weighted by molar-refractivity contribution is 5.83. The molecule has 3 nitrogen and oxygen atoms in total. The van der Waals surface area contributed by atoms with Crippen LogP contribution in [0, 0.1) is 6.92 Å². The van der Waals surface area contributed by atoms with Crippen LogP contribution in [-0.4, -0.2) is 54.3 Å². The van der Waals surface area contributed by atoms with Gasteiger partial charge in [0, 0.05) is 38.8 Å². The molecule has 0 radical (unpaired) electrons. The first-order valence-corrected chi connectivity index (χ1v) is 8.01. The molecule has 1 saturated heterocycles. The number of ketones is 1. The normalized spacial score (nSPS) is 18.9. The van der Waals surface area contributed by atoms with Crippen molar-refractivity contribution >= 4 is 5.78 Å². The van der Waals surface area contributed by atoms with Crippen molar-refractivity contribution < 1.29 is 4.79 Å². The molecule has 0 saturated carbocycles. The topological polar surface area (TPSA) is 23.6 Å². The van der Waals surface area contributed by atoms with Crippen LogP contribution in [0.15, 0.2) is 24.3 Å². The van der Waals surface area contributed by atoms with Gasteiger partial charge >= 0.3 is 0 Å². The number of hydrogen-bond acceptors (Lipinski definition) is 3. The van der Waals surface area contributed by atoms with E-state index in [1.54, 1.807) is 6.92 Å². The van der Waals surface area contributed by atoms with Gasteiger partial charge in [0.15, 0.2) is 0 Å². The minimum atomic E-state index is 0.0104. The molecule has 0 N–H and O–H groups in total. The van der Waals surface area contributed by atoms with Crippen molar-refractivity contribution in [2.75, 3.05) is 32.7 Å². The summed E-state index contributed by atoms with van der Waals surface area (Å²) in [6.45, 7) is 13.5. The van der Waals surface area contributed by atoms with E-state index in [1.165, 1.54) is 5.56 Å². The largest absolute Gasteiger partial charge is 0.300 e. The monoisotopic (exact) mass is 288 g/mol. The lowest BCUT2D eigenvalue weighted by atomic mass is 9.94. The summed E-state index contributed by atoms with van der Waals surface area (Å²) in [5.74, 6) is 0.279. The third-order valence-electron chi connectivity index (χ3n) is 4.55. The van der Waals surface area contributed by atoms with Crippen molar-refractivity contribution in [1.82, 2.24) is 9.80 Å².